The summed E-state index contributed by atoms with van der Waals surface area (Å²) < 4.78 is 18.6. The van der Waals surface area contributed by atoms with Gasteiger partial charge < -0.3 is 4.74 Å². The molecule has 1 aliphatic rings. The first-order valence-electron chi connectivity index (χ1n) is 9.22. The molecule has 4 nitrogen and oxygen atoms in total. The fourth-order valence-electron chi connectivity index (χ4n) is 3.30. The van der Waals surface area contributed by atoms with Crippen molar-refractivity contribution in [1.82, 2.24) is 4.90 Å². The number of carbonyl (C=O) groups excluding carboxylic acids is 2. The van der Waals surface area contributed by atoms with Crippen LogP contribution in [0, 0.1) is 0 Å². The number of ketones is 1. The van der Waals surface area contributed by atoms with Gasteiger partial charge in [0.05, 0.1) is 11.1 Å². The summed E-state index contributed by atoms with van der Waals surface area (Å²) in [4.78, 5) is 27.7. The number of nitrogens with zero attached hydrogens (tertiary/aromatic N) is 1. The maximum absolute atomic E-state index is 13.2. The zero-order chi connectivity index (χ0) is 20.3. The molecule has 0 saturated heterocycles. The van der Waals surface area contributed by atoms with E-state index in [0.29, 0.717) is 16.9 Å². The van der Waals surface area contributed by atoms with Gasteiger partial charge >= 0.3 is 0 Å². The summed E-state index contributed by atoms with van der Waals surface area (Å²) in [6.07, 6.45) is 0.119. The molecule has 2 aromatic rings. The number of Topliss-reactive ketones (excluding diaryl/α,β-unsaturated/α-hetero) is 1. The Hall–Kier alpha value is -2.95. The largest absolute Gasteiger partial charge is 0.477 e. The van der Waals surface area contributed by atoms with Crippen LogP contribution in [0.4, 0.5) is 4.39 Å². The quantitative estimate of drug-likeness (QED) is 0.750. The van der Waals surface area contributed by atoms with Gasteiger partial charge in [0.25, 0.3) is 5.91 Å². The summed E-state index contributed by atoms with van der Waals surface area (Å²) in [6, 6.07) is 16.2. The summed E-state index contributed by atoms with van der Waals surface area (Å²) >= 11 is 0. The Bertz CT molecular complexity index is 918. The fourth-order valence-corrected chi connectivity index (χ4v) is 3.30. The van der Waals surface area contributed by atoms with Gasteiger partial charge in [-0.25, -0.2) is 4.39 Å². The van der Waals surface area contributed by atoms with Crippen molar-refractivity contribution in [1.29, 1.82) is 0 Å². The lowest BCUT2D eigenvalue weighted by molar-refractivity contribution is -0.148. The number of allylic oxidation sites excluding steroid dienone is 1. The van der Waals surface area contributed by atoms with Crippen molar-refractivity contribution < 1.29 is 18.7 Å². The van der Waals surface area contributed by atoms with Crippen molar-refractivity contribution in [3.05, 3.63) is 77.0 Å². The number of hydrogen-bond donors (Lipinski definition) is 0. The maximum Gasteiger partial charge on any atom is 0.261 e. The van der Waals surface area contributed by atoms with Crippen molar-refractivity contribution in [2.75, 3.05) is 6.73 Å². The van der Waals surface area contributed by atoms with E-state index in [0.717, 1.165) is 11.1 Å². The average molecular weight is 381 g/mol. The lowest BCUT2D eigenvalue weighted by atomic mass is 9.90. The first kappa shape index (κ1) is 19.8. The van der Waals surface area contributed by atoms with Crippen LogP contribution in [0.2, 0.25) is 0 Å². The second-order valence-corrected chi connectivity index (χ2v) is 7.42. The molecule has 0 aliphatic carbocycles. The SMILES string of the molecule is CC1=C(c2ccccc2)C(=O)N(C(C)(C)C(=O)Cc2cccc(CF)c2)CO1. The predicted octanol–water partition coefficient (Wildman–Crippen LogP) is 4.29. The zero-order valence-corrected chi connectivity index (χ0v) is 16.4. The molecule has 0 atom stereocenters. The Morgan fingerprint density at radius 3 is 2.46 bits per heavy atom. The molecule has 0 bridgehead atoms. The highest BCUT2D eigenvalue weighted by Crippen LogP contribution is 2.31. The molecular formula is C23H24FNO3. The van der Waals surface area contributed by atoms with Crippen molar-refractivity contribution in [3.8, 4) is 0 Å². The lowest BCUT2D eigenvalue weighted by Gasteiger charge is -2.40. The van der Waals surface area contributed by atoms with E-state index in [1.807, 2.05) is 30.3 Å². The molecule has 2 aromatic carbocycles. The second kappa shape index (κ2) is 7.97. The van der Waals surface area contributed by atoms with Crippen LogP contribution in [0.3, 0.4) is 0 Å². The monoisotopic (exact) mass is 381 g/mol. The molecule has 1 heterocycles. The van der Waals surface area contributed by atoms with E-state index in [4.69, 9.17) is 4.74 Å². The smallest absolute Gasteiger partial charge is 0.261 e. The summed E-state index contributed by atoms with van der Waals surface area (Å²) in [6.45, 7) is 4.64. The molecule has 146 valence electrons. The molecule has 1 amide bonds. The van der Waals surface area contributed by atoms with Crippen LogP contribution in [0.1, 0.15) is 37.5 Å². The summed E-state index contributed by atoms with van der Waals surface area (Å²) in [7, 11) is 0. The minimum Gasteiger partial charge on any atom is -0.477 e. The first-order valence-corrected chi connectivity index (χ1v) is 9.22. The van der Waals surface area contributed by atoms with Gasteiger partial charge in [-0.2, -0.15) is 0 Å². The normalized spacial score (nSPS) is 14.9. The Labute approximate surface area is 164 Å². The van der Waals surface area contributed by atoms with Crippen LogP contribution in [0.25, 0.3) is 5.57 Å². The zero-order valence-electron chi connectivity index (χ0n) is 16.4. The highest BCUT2D eigenvalue weighted by Gasteiger charge is 2.41. The summed E-state index contributed by atoms with van der Waals surface area (Å²) in [5.41, 5.74) is 1.42. The van der Waals surface area contributed by atoms with Crippen LogP contribution in [-0.4, -0.2) is 28.9 Å². The third-order valence-corrected chi connectivity index (χ3v) is 5.15. The van der Waals surface area contributed by atoms with Crippen molar-refractivity contribution >= 4 is 17.3 Å². The number of halogens is 1. The van der Waals surface area contributed by atoms with E-state index >= 15 is 0 Å². The van der Waals surface area contributed by atoms with E-state index in [9.17, 15) is 14.0 Å². The third-order valence-electron chi connectivity index (χ3n) is 5.15. The second-order valence-electron chi connectivity index (χ2n) is 7.42. The standard InChI is InChI=1S/C23H24FNO3/c1-16-21(19-10-5-4-6-11-19)22(27)25(15-28-16)23(2,3)20(26)13-17-8-7-9-18(12-17)14-24/h4-12H,13-15H2,1-3H3. The molecular weight excluding hydrogens is 357 g/mol. The van der Waals surface area contributed by atoms with Crippen molar-refractivity contribution in [2.45, 2.75) is 39.4 Å². The molecule has 0 spiro atoms. The molecule has 0 radical (unpaired) electrons. The number of amides is 1. The molecule has 28 heavy (non-hydrogen) atoms. The van der Waals surface area contributed by atoms with E-state index < -0.39 is 12.2 Å². The summed E-state index contributed by atoms with van der Waals surface area (Å²) in [5.74, 6) is 0.185. The molecule has 0 unspecified atom stereocenters. The maximum atomic E-state index is 13.2. The summed E-state index contributed by atoms with van der Waals surface area (Å²) in [5, 5.41) is 0. The number of benzene rings is 2. The lowest BCUT2D eigenvalue weighted by Crippen LogP contribution is -2.56. The Morgan fingerprint density at radius 2 is 1.79 bits per heavy atom. The van der Waals surface area contributed by atoms with Gasteiger partial charge in [0.2, 0.25) is 0 Å². The number of rotatable bonds is 6. The van der Waals surface area contributed by atoms with E-state index in [-0.39, 0.29) is 24.8 Å². The third kappa shape index (κ3) is 3.84. The molecule has 3 rings (SSSR count). The van der Waals surface area contributed by atoms with Gasteiger partial charge in [-0.15, -0.1) is 0 Å². The van der Waals surface area contributed by atoms with Crippen molar-refractivity contribution in [3.63, 3.8) is 0 Å². The highest BCUT2D eigenvalue weighted by atomic mass is 19.1. The predicted molar refractivity (Wildman–Crippen MR) is 106 cm³/mol. The molecule has 0 aromatic heterocycles. The van der Waals surface area contributed by atoms with E-state index in [1.54, 1.807) is 45.0 Å². The van der Waals surface area contributed by atoms with Crippen LogP contribution < -0.4 is 0 Å². The highest BCUT2D eigenvalue weighted by molar-refractivity contribution is 6.21. The topological polar surface area (TPSA) is 46.6 Å². The van der Waals surface area contributed by atoms with Crippen LogP contribution in [0.15, 0.2) is 60.4 Å². The molecule has 0 saturated carbocycles. The van der Waals surface area contributed by atoms with Gasteiger partial charge in [0.15, 0.2) is 12.5 Å². The fraction of sp³-hybridized carbons (Fsp3) is 0.304. The Kier molecular flexibility index (Phi) is 5.63. The number of hydrogen-bond acceptors (Lipinski definition) is 3. The Morgan fingerprint density at radius 1 is 1.11 bits per heavy atom. The van der Waals surface area contributed by atoms with E-state index in [2.05, 4.69) is 0 Å². The van der Waals surface area contributed by atoms with Crippen LogP contribution in [-0.2, 0) is 27.4 Å². The first-order chi connectivity index (χ1) is 13.3. The Balaban J connectivity index is 1.85. The van der Waals surface area contributed by atoms with Gasteiger partial charge in [-0.3, -0.25) is 14.5 Å². The number of ether oxygens (including phenoxy) is 1. The minimum atomic E-state index is -1.07. The molecule has 0 fully saturated rings. The van der Waals surface area contributed by atoms with Crippen molar-refractivity contribution in [2.24, 2.45) is 0 Å². The average Bonchev–Trinajstić information content (AvgIpc) is 2.68. The van der Waals surface area contributed by atoms with E-state index in [1.165, 1.54) is 4.90 Å². The van der Waals surface area contributed by atoms with Gasteiger partial charge in [0.1, 0.15) is 12.4 Å². The number of carbonyl (C=O) groups is 2. The minimum absolute atomic E-state index is 0.0181. The number of alkyl halides is 1. The van der Waals surface area contributed by atoms with Gasteiger partial charge in [0, 0.05) is 6.42 Å². The van der Waals surface area contributed by atoms with Gasteiger partial charge in [-0.1, -0.05) is 54.6 Å². The van der Waals surface area contributed by atoms with Crippen LogP contribution >= 0.6 is 0 Å². The molecule has 1 aliphatic heterocycles. The van der Waals surface area contributed by atoms with Gasteiger partial charge in [-0.05, 0) is 37.5 Å². The molecule has 0 N–H and O–H groups in total. The molecule has 5 heteroatoms. The van der Waals surface area contributed by atoms with Crippen LogP contribution in [0.5, 0.6) is 0 Å².